The summed E-state index contributed by atoms with van der Waals surface area (Å²) in [6, 6.07) is 5.69. The number of aromatic nitrogens is 1. The van der Waals surface area contributed by atoms with E-state index >= 15 is 0 Å². The molecule has 2 heterocycles. The number of benzene rings is 1. The molecule has 0 saturated heterocycles. The minimum Gasteiger partial charge on any atom is -0.277 e. The Labute approximate surface area is 97.9 Å². The second kappa shape index (κ2) is 3.13. The van der Waals surface area contributed by atoms with Crippen LogP contribution in [-0.4, -0.2) is 28.7 Å². The van der Waals surface area contributed by atoms with Gasteiger partial charge < -0.3 is 0 Å². The maximum atomic E-state index is 12.0. The van der Waals surface area contributed by atoms with Crippen LogP contribution in [0.25, 0.3) is 10.9 Å². The molecule has 0 spiro atoms. The summed E-state index contributed by atoms with van der Waals surface area (Å²) in [5.41, 5.74) is 2.66. The van der Waals surface area contributed by atoms with Gasteiger partial charge in [-0.2, -0.15) is 0 Å². The van der Waals surface area contributed by atoms with Crippen LogP contribution < -0.4 is 0 Å². The lowest BCUT2D eigenvalue weighted by Gasteiger charge is -2.04. The molecule has 0 saturated carbocycles. The van der Waals surface area contributed by atoms with Gasteiger partial charge in [0.05, 0.1) is 16.6 Å². The van der Waals surface area contributed by atoms with Crippen molar-refractivity contribution in [2.75, 3.05) is 7.05 Å². The fraction of sp³-hybridized carbons (Fsp3) is 0.154. The van der Waals surface area contributed by atoms with Crippen LogP contribution in [0.2, 0.25) is 0 Å². The third kappa shape index (κ3) is 1.21. The molecular weight excluding hydrogens is 216 g/mol. The molecule has 0 fully saturated rings. The number of pyridine rings is 1. The molecule has 1 aromatic carbocycles. The standard InChI is InChI=1S/C13H10N2O2/c1-7-3-4-10-8(5-7)11-9(6-14-10)12(16)15(2)13(11)17/h3-6H,1-2H3. The number of carbonyl (C=O) groups is 2. The molecule has 0 unspecified atom stereocenters. The fourth-order valence-corrected chi connectivity index (χ4v) is 2.14. The number of hydrogen-bond acceptors (Lipinski definition) is 3. The molecule has 0 radical (unpaired) electrons. The molecule has 1 aromatic heterocycles. The average molecular weight is 226 g/mol. The van der Waals surface area contributed by atoms with Crippen molar-refractivity contribution in [3.05, 3.63) is 41.1 Å². The summed E-state index contributed by atoms with van der Waals surface area (Å²) in [5, 5.41) is 0.755. The quantitative estimate of drug-likeness (QED) is 0.643. The van der Waals surface area contributed by atoms with E-state index in [2.05, 4.69) is 4.98 Å². The van der Waals surface area contributed by atoms with Crippen LogP contribution in [0.15, 0.2) is 24.4 Å². The topological polar surface area (TPSA) is 50.3 Å². The van der Waals surface area contributed by atoms with Crippen molar-refractivity contribution >= 4 is 22.7 Å². The number of fused-ring (bicyclic) bond motifs is 3. The van der Waals surface area contributed by atoms with Crippen LogP contribution in [-0.2, 0) is 0 Å². The van der Waals surface area contributed by atoms with Gasteiger partial charge in [-0.05, 0) is 19.1 Å². The third-order valence-corrected chi connectivity index (χ3v) is 3.08. The fourth-order valence-electron chi connectivity index (χ4n) is 2.14. The number of carbonyl (C=O) groups excluding carboxylic acids is 2. The zero-order valence-corrected chi connectivity index (χ0v) is 9.52. The number of nitrogens with zero attached hydrogens (tertiary/aromatic N) is 2. The first-order valence-corrected chi connectivity index (χ1v) is 5.31. The van der Waals surface area contributed by atoms with E-state index in [1.54, 1.807) is 0 Å². The third-order valence-electron chi connectivity index (χ3n) is 3.08. The smallest absolute Gasteiger partial charge is 0.262 e. The van der Waals surface area contributed by atoms with Gasteiger partial charge in [0.15, 0.2) is 0 Å². The Morgan fingerprint density at radius 1 is 1.18 bits per heavy atom. The van der Waals surface area contributed by atoms with Gasteiger partial charge in [-0.3, -0.25) is 19.5 Å². The predicted octanol–water partition coefficient (Wildman–Crippen LogP) is 1.77. The Balaban J connectivity index is 2.45. The van der Waals surface area contributed by atoms with E-state index in [1.807, 2.05) is 25.1 Å². The number of rotatable bonds is 0. The van der Waals surface area contributed by atoms with Crippen molar-refractivity contribution in [1.29, 1.82) is 0 Å². The Morgan fingerprint density at radius 3 is 2.71 bits per heavy atom. The number of amides is 2. The Morgan fingerprint density at radius 2 is 1.94 bits per heavy atom. The highest BCUT2D eigenvalue weighted by molar-refractivity contribution is 6.25. The molecule has 0 bridgehead atoms. The summed E-state index contributed by atoms with van der Waals surface area (Å²) in [4.78, 5) is 29.2. The van der Waals surface area contributed by atoms with Gasteiger partial charge in [-0.1, -0.05) is 11.6 Å². The summed E-state index contributed by atoms with van der Waals surface area (Å²) in [6.07, 6.45) is 1.48. The van der Waals surface area contributed by atoms with Crippen LogP contribution in [0.3, 0.4) is 0 Å². The van der Waals surface area contributed by atoms with E-state index in [9.17, 15) is 9.59 Å². The molecule has 3 rings (SSSR count). The van der Waals surface area contributed by atoms with E-state index in [4.69, 9.17) is 0 Å². The first kappa shape index (κ1) is 9.96. The lowest BCUT2D eigenvalue weighted by molar-refractivity contribution is 0.0693. The average Bonchev–Trinajstić information content (AvgIpc) is 2.54. The zero-order valence-electron chi connectivity index (χ0n) is 9.52. The summed E-state index contributed by atoms with van der Waals surface area (Å²) >= 11 is 0. The van der Waals surface area contributed by atoms with Crippen molar-refractivity contribution in [3.8, 4) is 0 Å². The predicted molar refractivity (Wildman–Crippen MR) is 62.9 cm³/mol. The molecule has 1 aliphatic heterocycles. The molecular formula is C13H10N2O2. The van der Waals surface area contributed by atoms with Gasteiger partial charge >= 0.3 is 0 Å². The van der Waals surface area contributed by atoms with E-state index in [0.29, 0.717) is 11.1 Å². The van der Waals surface area contributed by atoms with Crippen molar-refractivity contribution in [2.45, 2.75) is 6.92 Å². The largest absolute Gasteiger partial charge is 0.277 e. The van der Waals surface area contributed by atoms with Crippen molar-refractivity contribution in [3.63, 3.8) is 0 Å². The molecule has 0 aliphatic carbocycles. The van der Waals surface area contributed by atoms with Gasteiger partial charge in [0.2, 0.25) is 0 Å². The van der Waals surface area contributed by atoms with E-state index in [1.165, 1.54) is 13.2 Å². The van der Waals surface area contributed by atoms with Crippen LogP contribution >= 0.6 is 0 Å². The first-order chi connectivity index (χ1) is 8.09. The summed E-state index contributed by atoms with van der Waals surface area (Å²) < 4.78 is 0. The van der Waals surface area contributed by atoms with Crippen LogP contribution in [0.1, 0.15) is 26.3 Å². The summed E-state index contributed by atoms with van der Waals surface area (Å²) in [5.74, 6) is -0.524. The van der Waals surface area contributed by atoms with Crippen molar-refractivity contribution in [2.24, 2.45) is 0 Å². The SMILES string of the molecule is Cc1ccc2ncc3c(c2c1)C(=O)N(C)C3=O. The lowest BCUT2D eigenvalue weighted by atomic mass is 10.0. The van der Waals surface area contributed by atoms with Gasteiger partial charge in [0, 0.05) is 18.6 Å². The first-order valence-electron chi connectivity index (χ1n) is 5.31. The minimum atomic E-state index is -0.277. The summed E-state index contributed by atoms with van der Waals surface area (Å²) in [7, 11) is 1.49. The van der Waals surface area contributed by atoms with Crippen molar-refractivity contribution < 1.29 is 9.59 Å². The zero-order chi connectivity index (χ0) is 12.2. The molecule has 4 nitrogen and oxygen atoms in total. The second-order valence-electron chi connectivity index (χ2n) is 4.24. The molecule has 1 aliphatic rings. The lowest BCUT2D eigenvalue weighted by Crippen LogP contribution is -2.24. The molecule has 84 valence electrons. The van der Waals surface area contributed by atoms with E-state index in [0.717, 1.165) is 21.4 Å². The van der Waals surface area contributed by atoms with E-state index < -0.39 is 0 Å². The van der Waals surface area contributed by atoms with Gasteiger partial charge in [0.25, 0.3) is 11.8 Å². The molecule has 0 N–H and O–H groups in total. The molecule has 2 aromatic rings. The minimum absolute atomic E-state index is 0.247. The van der Waals surface area contributed by atoms with Crippen LogP contribution in [0.4, 0.5) is 0 Å². The van der Waals surface area contributed by atoms with Crippen molar-refractivity contribution in [1.82, 2.24) is 9.88 Å². The Kier molecular flexibility index (Phi) is 1.84. The monoisotopic (exact) mass is 226 g/mol. The Bertz CT molecular complexity index is 676. The van der Waals surface area contributed by atoms with Crippen LogP contribution in [0.5, 0.6) is 0 Å². The number of aryl methyl sites for hydroxylation is 1. The highest BCUT2D eigenvalue weighted by atomic mass is 16.2. The molecule has 17 heavy (non-hydrogen) atoms. The molecule has 2 amide bonds. The molecule has 4 heteroatoms. The highest BCUT2D eigenvalue weighted by Crippen LogP contribution is 2.28. The molecule has 0 atom stereocenters. The maximum absolute atomic E-state index is 12.0. The number of imide groups is 1. The second-order valence-corrected chi connectivity index (χ2v) is 4.24. The maximum Gasteiger partial charge on any atom is 0.262 e. The Hall–Kier alpha value is -2.23. The van der Waals surface area contributed by atoms with E-state index in [-0.39, 0.29) is 11.8 Å². The van der Waals surface area contributed by atoms with Gasteiger partial charge in [-0.25, -0.2) is 0 Å². The summed E-state index contributed by atoms with van der Waals surface area (Å²) in [6.45, 7) is 1.95. The van der Waals surface area contributed by atoms with Crippen LogP contribution in [0, 0.1) is 6.92 Å². The normalized spacial score (nSPS) is 14.6. The van der Waals surface area contributed by atoms with Gasteiger partial charge in [0.1, 0.15) is 0 Å². The highest BCUT2D eigenvalue weighted by Gasteiger charge is 2.34. The van der Waals surface area contributed by atoms with Gasteiger partial charge in [-0.15, -0.1) is 0 Å². The number of hydrogen-bond donors (Lipinski definition) is 0.